The maximum atomic E-state index is 9.87. The molecule has 0 aliphatic carbocycles. The highest BCUT2D eigenvalue weighted by Crippen LogP contribution is 2.18. The number of hydrogen-bond donors (Lipinski definition) is 1. The minimum atomic E-state index is -0.476. The smallest absolute Gasteiger partial charge is 0.123 e. The Balaban J connectivity index is 2.39. The van der Waals surface area contributed by atoms with Crippen LogP contribution in [-0.4, -0.2) is 49.5 Å². The number of benzene rings is 1. The molecule has 1 aromatic rings. The fraction of sp³-hybridized carbons (Fsp3) is 0.571. The van der Waals surface area contributed by atoms with E-state index in [0.717, 1.165) is 18.8 Å². The number of aliphatic hydroxyl groups is 1. The van der Waals surface area contributed by atoms with E-state index < -0.39 is 6.10 Å². The van der Waals surface area contributed by atoms with Crippen molar-refractivity contribution in [1.82, 2.24) is 4.90 Å². The molecule has 0 aliphatic rings. The Morgan fingerprint density at radius 2 is 1.89 bits per heavy atom. The van der Waals surface area contributed by atoms with E-state index in [9.17, 15) is 5.11 Å². The lowest BCUT2D eigenvalue weighted by Gasteiger charge is -2.21. The lowest BCUT2D eigenvalue weighted by atomic mass is 10.3. The van der Waals surface area contributed by atoms with Gasteiger partial charge in [-0.25, -0.2) is 0 Å². The van der Waals surface area contributed by atoms with Gasteiger partial charge in [-0.2, -0.15) is 0 Å². The molecule has 18 heavy (non-hydrogen) atoms. The second-order valence-electron chi connectivity index (χ2n) is 4.13. The highest BCUT2D eigenvalue weighted by Gasteiger charge is 2.09. The Morgan fingerprint density at radius 3 is 2.50 bits per heavy atom. The van der Waals surface area contributed by atoms with Crippen LogP contribution < -0.4 is 9.47 Å². The molecular weight excluding hydrogens is 230 g/mol. The van der Waals surface area contributed by atoms with Gasteiger partial charge in [-0.05, 0) is 25.2 Å². The van der Waals surface area contributed by atoms with Crippen LogP contribution in [0.2, 0.25) is 0 Å². The fourth-order valence-corrected chi connectivity index (χ4v) is 1.72. The van der Waals surface area contributed by atoms with Crippen molar-refractivity contribution in [3.05, 3.63) is 24.3 Å². The van der Waals surface area contributed by atoms with Gasteiger partial charge in [0.15, 0.2) is 0 Å². The zero-order valence-corrected chi connectivity index (χ0v) is 11.4. The molecule has 0 saturated heterocycles. The summed E-state index contributed by atoms with van der Waals surface area (Å²) >= 11 is 0. The lowest BCUT2D eigenvalue weighted by Crippen LogP contribution is -2.35. The molecule has 1 atom stereocenters. The van der Waals surface area contributed by atoms with Crippen molar-refractivity contribution in [3.63, 3.8) is 0 Å². The molecule has 1 aromatic carbocycles. The average Bonchev–Trinajstić information content (AvgIpc) is 2.42. The number of hydrogen-bond acceptors (Lipinski definition) is 4. The first-order valence-corrected chi connectivity index (χ1v) is 6.36. The third-order valence-electron chi connectivity index (χ3n) is 2.85. The molecule has 4 nitrogen and oxygen atoms in total. The van der Waals surface area contributed by atoms with Gasteiger partial charge in [0.2, 0.25) is 0 Å². The van der Waals surface area contributed by atoms with Crippen LogP contribution in [0.3, 0.4) is 0 Å². The number of methoxy groups -OCH3 is 1. The van der Waals surface area contributed by atoms with Crippen LogP contribution in [-0.2, 0) is 0 Å². The number of ether oxygens (including phenoxy) is 2. The van der Waals surface area contributed by atoms with E-state index in [2.05, 4.69) is 18.7 Å². The third-order valence-corrected chi connectivity index (χ3v) is 2.85. The topological polar surface area (TPSA) is 41.9 Å². The Morgan fingerprint density at radius 1 is 1.22 bits per heavy atom. The largest absolute Gasteiger partial charge is 0.497 e. The molecule has 102 valence electrons. The van der Waals surface area contributed by atoms with Crippen molar-refractivity contribution < 1.29 is 14.6 Å². The van der Waals surface area contributed by atoms with Crippen molar-refractivity contribution in [2.24, 2.45) is 0 Å². The number of aliphatic hydroxyl groups excluding tert-OH is 1. The highest BCUT2D eigenvalue weighted by molar-refractivity contribution is 5.32. The van der Waals surface area contributed by atoms with Crippen molar-refractivity contribution in [1.29, 1.82) is 0 Å². The summed E-state index contributed by atoms with van der Waals surface area (Å²) in [5.41, 5.74) is 0. The lowest BCUT2D eigenvalue weighted by molar-refractivity contribution is 0.0715. The van der Waals surface area contributed by atoms with Crippen molar-refractivity contribution in [3.8, 4) is 11.5 Å². The number of rotatable bonds is 8. The van der Waals surface area contributed by atoms with Gasteiger partial charge in [0.25, 0.3) is 0 Å². The van der Waals surface area contributed by atoms with Gasteiger partial charge in [0, 0.05) is 12.6 Å². The molecule has 1 rings (SSSR count). The molecule has 0 bridgehead atoms. The minimum absolute atomic E-state index is 0.295. The molecule has 0 saturated carbocycles. The minimum Gasteiger partial charge on any atom is -0.497 e. The molecule has 0 spiro atoms. The standard InChI is InChI=1S/C14H23NO3/c1-4-15(5-2)10-12(16)11-18-14-8-6-7-13(9-14)17-3/h6-9,12,16H,4-5,10-11H2,1-3H3/t12-/m1/s1. The summed E-state index contributed by atoms with van der Waals surface area (Å²) in [6.07, 6.45) is -0.476. The molecule has 0 unspecified atom stereocenters. The Kier molecular flexibility index (Phi) is 6.54. The monoisotopic (exact) mass is 253 g/mol. The van der Waals surface area contributed by atoms with Gasteiger partial charge in [0.1, 0.15) is 24.2 Å². The maximum absolute atomic E-state index is 9.87. The second kappa shape index (κ2) is 7.95. The predicted octanol–water partition coefficient (Wildman–Crippen LogP) is 1.78. The van der Waals surface area contributed by atoms with Crippen molar-refractivity contribution in [2.75, 3.05) is 33.4 Å². The van der Waals surface area contributed by atoms with Crippen LogP contribution in [0.25, 0.3) is 0 Å². The van der Waals surface area contributed by atoms with Gasteiger partial charge < -0.3 is 19.5 Å². The predicted molar refractivity (Wildman–Crippen MR) is 72.3 cm³/mol. The molecule has 1 N–H and O–H groups in total. The SMILES string of the molecule is CCN(CC)C[C@@H](O)COc1cccc(OC)c1. The highest BCUT2D eigenvalue weighted by atomic mass is 16.5. The summed E-state index contributed by atoms with van der Waals surface area (Å²) < 4.78 is 10.7. The van der Waals surface area contributed by atoms with E-state index in [1.54, 1.807) is 7.11 Å². The van der Waals surface area contributed by atoms with Crippen molar-refractivity contribution >= 4 is 0 Å². The summed E-state index contributed by atoms with van der Waals surface area (Å²) in [6, 6.07) is 7.39. The maximum Gasteiger partial charge on any atom is 0.123 e. The van der Waals surface area contributed by atoms with Crippen LogP contribution in [0.4, 0.5) is 0 Å². The summed E-state index contributed by atoms with van der Waals surface area (Å²) in [7, 11) is 1.62. The van der Waals surface area contributed by atoms with E-state index in [1.165, 1.54) is 0 Å². The summed E-state index contributed by atoms with van der Waals surface area (Å²) in [4.78, 5) is 2.17. The van der Waals surface area contributed by atoms with Crippen molar-refractivity contribution in [2.45, 2.75) is 20.0 Å². The first-order valence-electron chi connectivity index (χ1n) is 6.36. The molecule has 0 radical (unpaired) electrons. The molecule has 0 fully saturated rings. The summed E-state index contributed by atoms with van der Waals surface area (Å²) in [6.45, 7) is 6.97. The van der Waals surface area contributed by atoms with Crippen LogP contribution in [0.5, 0.6) is 11.5 Å². The average molecular weight is 253 g/mol. The van der Waals surface area contributed by atoms with Crippen LogP contribution in [0, 0.1) is 0 Å². The van der Waals surface area contributed by atoms with E-state index in [0.29, 0.717) is 18.9 Å². The summed E-state index contributed by atoms with van der Waals surface area (Å²) in [5, 5.41) is 9.87. The van der Waals surface area contributed by atoms with Crippen LogP contribution in [0.15, 0.2) is 24.3 Å². The van der Waals surface area contributed by atoms with Crippen LogP contribution >= 0.6 is 0 Å². The zero-order valence-electron chi connectivity index (χ0n) is 11.4. The summed E-state index contributed by atoms with van der Waals surface area (Å²) in [5.74, 6) is 1.47. The third kappa shape index (κ3) is 4.94. The Bertz CT molecular complexity index is 340. The van der Waals surface area contributed by atoms with E-state index in [1.807, 2.05) is 24.3 Å². The molecule has 0 amide bonds. The van der Waals surface area contributed by atoms with Gasteiger partial charge in [0.05, 0.1) is 7.11 Å². The first-order chi connectivity index (χ1) is 8.69. The van der Waals surface area contributed by atoms with Gasteiger partial charge in [-0.1, -0.05) is 19.9 Å². The zero-order chi connectivity index (χ0) is 13.4. The molecule has 4 heteroatoms. The second-order valence-corrected chi connectivity index (χ2v) is 4.13. The van der Waals surface area contributed by atoms with Gasteiger partial charge in [-0.3, -0.25) is 0 Å². The van der Waals surface area contributed by atoms with Gasteiger partial charge in [-0.15, -0.1) is 0 Å². The number of nitrogens with zero attached hydrogens (tertiary/aromatic N) is 1. The fourth-order valence-electron chi connectivity index (χ4n) is 1.72. The molecule has 0 aliphatic heterocycles. The van der Waals surface area contributed by atoms with E-state index in [4.69, 9.17) is 9.47 Å². The first kappa shape index (κ1) is 14.8. The van der Waals surface area contributed by atoms with Gasteiger partial charge >= 0.3 is 0 Å². The molecule has 0 heterocycles. The number of likely N-dealkylation sites (N-methyl/N-ethyl adjacent to an activating group) is 1. The van der Waals surface area contributed by atoms with E-state index >= 15 is 0 Å². The quantitative estimate of drug-likeness (QED) is 0.767. The van der Waals surface area contributed by atoms with E-state index in [-0.39, 0.29) is 0 Å². The molecular formula is C14H23NO3. The Hall–Kier alpha value is -1.26. The normalized spacial score (nSPS) is 12.5. The molecule has 0 aromatic heterocycles. The Labute approximate surface area is 109 Å². The van der Waals surface area contributed by atoms with Crippen LogP contribution in [0.1, 0.15) is 13.8 Å².